The van der Waals surface area contributed by atoms with Gasteiger partial charge in [-0.3, -0.25) is 14.4 Å². The summed E-state index contributed by atoms with van der Waals surface area (Å²) in [6.45, 7) is 11.4. The average molecular weight is 559 g/mol. The van der Waals surface area contributed by atoms with Gasteiger partial charge < -0.3 is 26.0 Å². The lowest BCUT2D eigenvalue weighted by atomic mass is 9.93. The number of nitrogens with one attached hydrogen (secondary N) is 2. The number of hydrogen-bond donors (Lipinski definition) is 3. The van der Waals surface area contributed by atoms with Crippen molar-refractivity contribution in [3.8, 4) is 0 Å². The molecule has 1 saturated carbocycles. The van der Waals surface area contributed by atoms with Gasteiger partial charge in [0.05, 0.1) is 6.42 Å². The number of rotatable bonds is 13. The minimum atomic E-state index is -1.27. The Labute approximate surface area is 240 Å². The van der Waals surface area contributed by atoms with E-state index in [-0.39, 0.29) is 11.9 Å². The number of nitrogens with two attached hydrogens (primary N) is 1. The molecule has 0 aromatic heterocycles. The monoisotopic (exact) mass is 558 g/mol. The topological polar surface area (TPSA) is 131 Å². The van der Waals surface area contributed by atoms with E-state index in [9.17, 15) is 19.2 Å². The molecule has 0 aliphatic heterocycles. The zero-order chi connectivity index (χ0) is 29.9. The molecule has 9 nitrogen and oxygen atoms in total. The highest BCUT2D eigenvalue weighted by atomic mass is 16.6. The van der Waals surface area contributed by atoms with Crippen LogP contribution in [0.3, 0.4) is 0 Å². The standard InChI is InChI=1S/C31H50N4O5/c1-7-8-9-13-18-35(29(38)25(20-26(32)36)34-30(39)40-31(4,5)6)27(24-19-21(2)16-17-22(24)3)28(37)33-23-14-11-10-12-15-23/h16-17,19,23,25,27H,7-15,18,20H2,1-6H3,(H2,32,36)(H,33,37)(H,34,39). The number of alkyl carbamates (subject to hydrolysis) is 1. The fraction of sp³-hybridized carbons (Fsp3) is 0.677. The number of carbonyl (C=O) groups excluding carboxylic acids is 4. The van der Waals surface area contributed by atoms with Crippen LogP contribution in [-0.2, 0) is 19.1 Å². The first-order valence-corrected chi connectivity index (χ1v) is 14.8. The molecule has 9 heteroatoms. The Morgan fingerprint density at radius 1 is 1.05 bits per heavy atom. The zero-order valence-electron chi connectivity index (χ0n) is 25.3. The van der Waals surface area contributed by atoms with Crippen LogP contribution < -0.4 is 16.4 Å². The van der Waals surface area contributed by atoms with Crippen LogP contribution in [0.1, 0.15) is 115 Å². The predicted molar refractivity (Wildman–Crippen MR) is 156 cm³/mol. The number of aryl methyl sites for hydroxylation is 2. The summed E-state index contributed by atoms with van der Waals surface area (Å²) in [5.74, 6) is -1.53. The zero-order valence-corrected chi connectivity index (χ0v) is 25.3. The number of benzene rings is 1. The van der Waals surface area contributed by atoms with Gasteiger partial charge in [0.25, 0.3) is 0 Å². The van der Waals surface area contributed by atoms with Gasteiger partial charge in [-0.15, -0.1) is 0 Å². The van der Waals surface area contributed by atoms with Gasteiger partial charge in [-0.1, -0.05) is 69.2 Å². The molecule has 1 aromatic rings. The highest BCUT2D eigenvalue weighted by Crippen LogP contribution is 2.29. The minimum Gasteiger partial charge on any atom is -0.444 e. The van der Waals surface area contributed by atoms with Crippen LogP contribution in [0.2, 0.25) is 0 Å². The SMILES string of the molecule is CCCCCCN(C(=O)C(CC(N)=O)NC(=O)OC(C)(C)C)C(C(=O)NC1CCCCC1)c1cc(C)ccc1C. The van der Waals surface area contributed by atoms with Crippen LogP contribution in [0.4, 0.5) is 4.79 Å². The Morgan fingerprint density at radius 2 is 1.73 bits per heavy atom. The number of ether oxygens (including phenoxy) is 1. The number of primary amides is 1. The van der Waals surface area contributed by atoms with E-state index >= 15 is 0 Å². The molecule has 2 rings (SSSR count). The fourth-order valence-corrected chi connectivity index (χ4v) is 5.16. The van der Waals surface area contributed by atoms with Crippen molar-refractivity contribution in [3.63, 3.8) is 0 Å². The summed E-state index contributed by atoms with van der Waals surface area (Å²) in [6, 6.07) is 3.72. The van der Waals surface area contributed by atoms with Crippen molar-refractivity contribution in [1.29, 1.82) is 0 Å². The van der Waals surface area contributed by atoms with E-state index in [2.05, 4.69) is 17.6 Å². The van der Waals surface area contributed by atoms with E-state index in [4.69, 9.17) is 10.5 Å². The molecule has 1 aliphatic rings. The first kappa shape index (κ1) is 33.1. The van der Waals surface area contributed by atoms with Crippen LogP contribution in [0.25, 0.3) is 0 Å². The van der Waals surface area contributed by atoms with Crippen molar-refractivity contribution < 1.29 is 23.9 Å². The van der Waals surface area contributed by atoms with Gasteiger partial charge in [-0.2, -0.15) is 0 Å². The third-order valence-corrected chi connectivity index (χ3v) is 7.17. The summed E-state index contributed by atoms with van der Waals surface area (Å²) >= 11 is 0. The van der Waals surface area contributed by atoms with Gasteiger partial charge in [0.15, 0.2) is 0 Å². The first-order valence-electron chi connectivity index (χ1n) is 14.8. The molecular formula is C31H50N4O5. The molecule has 0 radical (unpaired) electrons. The Bertz CT molecular complexity index is 1010. The van der Waals surface area contributed by atoms with E-state index in [1.165, 1.54) is 4.90 Å². The summed E-state index contributed by atoms with van der Waals surface area (Å²) in [4.78, 5) is 54.5. The van der Waals surface area contributed by atoms with Crippen LogP contribution in [-0.4, -0.2) is 52.9 Å². The van der Waals surface area contributed by atoms with Crippen molar-refractivity contribution in [2.75, 3.05) is 6.54 Å². The van der Waals surface area contributed by atoms with Crippen molar-refractivity contribution in [3.05, 3.63) is 34.9 Å². The van der Waals surface area contributed by atoms with Crippen LogP contribution >= 0.6 is 0 Å². The van der Waals surface area contributed by atoms with Crippen LogP contribution in [0.15, 0.2) is 18.2 Å². The summed E-state index contributed by atoms with van der Waals surface area (Å²) in [5.41, 5.74) is 7.29. The number of amides is 4. The summed E-state index contributed by atoms with van der Waals surface area (Å²) < 4.78 is 5.37. The molecule has 1 fully saturated rings. The molecule has 2 atom stereocenters. The maximum atomic E-state index is 14.2. The molecule has 4 amide bonds. The quantitative estimate of drug-likeness (QED) is 0.294. The van der Waals surface area contributed by atoms with Gasteiger partial charge in [0.2, 0.25) is 17.7 Å². The lowest BCUT2D eigenvalue weighted by Gasteiger charge is -2.36. The number of hydrogen-bond acceptors (Lipinski definition) is 5. The molecule has 0 spiro atoms. The first-order chi connectivity index (χ1) is 18.8. The Balaban J connectivity index is 2.53. The van der Waals surface area contributed by atoms with Gasteiger partial charge in [0, 0.05) is 12.6 Å². The maximum absolute atomic E-state index is 14.2. The second kappa shape index (κ2) is 15.6. The molecule has 1 aliphatic carbocycles. The smallest absolute Gasteiger partial charge is 0.408 e. The molecule has 4 N–H and O–H groups in total. The average Bonchev–Trinajstić information content (AvgIpc) is 2.86. The van der Waals surface area contributed by atoms with Gasteiger partial charge >= 0.3 is 6.09 Å². The van der Waals surface area contributed by atoms with Gasteiger partial charge in [0.1, 0.15) is 17.7 Å². The van der Waals surface area contributed by atoms with Crippen molar-refractivity contribution in [1.82, 2.24) is 15.5 Å². The number of carbonyl (C=O) groups is 4. The molecular weight excluding hydrogens is 508 g/mol. The summed E-state index contributed by atoms with van der Waals surface area (Å²) in [6.07, 6.45) is 7.39. The molecule has 0 bridgehead atoms. The van der Waals surface area contributed by atoms with Gasteiger partial charge in [-0.25, -0.2) is 4.79 Å². The molecule has 40 heavy (non-hydrogen) atoms. The summed E-state index contributed by atoms with van der Waals surface area (Å²) in [7, 11) is 0. The predicted octanol–water partition coefficient (Wildman–Crippen LogP) is 4.97. The van der Waals surface area contributed by atoms with E-state index in [1.807, 2.05) is 32.0 Å². The third kappa shape index (κ3) is 10.8. The molecule has 224 valence electrons. The van der Waals surface area contributed by atoms with E-state index < -0.39 is 42.0 Å². The van der Waals surface area contributed by atoms with Crippen LogP contribution in [0.5, 0.6) is 0 Å². The van der Waals surface area contributed by atoms with Crippen molar-refractivity contribution in [2.24, 2.45) is 5.73 Å². The molecule has 0 heterocycles. The minimum absolute atomic E-state index is 0.0483. The highest BCUT2D eigenvalue weighted by Gasteiger charge is 2.38. The fourth-order valence-electron chi connectivity index (χ4n) is 5.16. The maximum Gasteiger partial charge on any atom is 0.408 e. The number of unbranched alkanes of at least 4 members (excludes halogenated alkanes) is 3. The second-order valence-corrected chi connectivity index (χ2v) is 12.1. The second-order valence-electron chi connectivity index (χ2n) is 12.1. The Kier molecular flexibility index (Phi) is 12.9. The third-order valence-electron chi connectivity index (χ3n) is 7.17. The van der Waals surface area contributed by atoms with Crippen LogP contribution in [0, 0.1) is 13.8 Å². The van der Waals surface area contributed by atoms with Gasteiger partial charge in [-0.05, 0) is 65.0 Å². The molecule has 0 saturated heterocycles. The van der Waals surface area contributed by atoms with E-state index in [0.29, 0.717) is 13.0 Å². The lowest BCUT2D eigenvalue weighted by Crippen LogP contribution is -2.55. The van der Waals surface area contributed by atoms with E-state index in [1.54, 1.807) is 20.8 Å². The molecule has 2 unspecified atom stereocenters. The normalized spacial score (nSPS) is 15.6. The number of nitrogens with zero attached hydrogens (tertiary/aromatic N) is 1. The summed E-state index contributed by atoms with van der Waals surface area (Å²) in [5, 5.41) is 5.77. The Morgan fingerprint density at radius 3 is 2.33 bits per heavy atom. The largest absolute Gasteiger partial charge is 0.444 e. The Hall–Kier alpha value is -3.10. The van der Waals surface area contributed by atoms with Crippen molar-refractivity contribution >= 4 is 23.8 Å². The lowest BCUT2D eigenvalue weighted by molar-refractivity contribution is -0.143. The van der Waals surface area contributed by atoms with E-state index in [0.717, 1.165) is 68.1 Å². The van der Waals surface area contributed by atoms with Crippen molar-refractivity contribution in [2.45, 2.75) is 129 Å². The highest BCUT2D eigenvalue weighted by molar-refractivity contribution is 5.94. The molecule has 1 aromatic carbocycles.